The van der Waals surface area contributed by atoms with E-state index in [9.17, 15) is 0 Å². The van der Waals surface area contributed by atoms with Gasteiger partial charge in [0.1, 0.15) is 6.33 Å². The number of nitrogens with zero attached hydrogens (tertiary/aromatic N) is 3. The van der Waals surface area contributed by atoms with E-state index in [2.05, 4.69) is 26.8 Å². The van der Waals surface area contributed by atoms with Crippen molar-refractivity contribution >= 4 is 23.2 Å². The third-order valence-electron chi connectivity index (χ3n) is 4.27. The molecule has 3 aromatic rings. The van der Waals surface area contributed by atoms with Gasteiger partial charge >= 0.3 is 0 Å². The standard InChI is InChI=1S/C18H18ClN5/c19-17-10-14(6-7-16(17)13-8-9-20-11-13)22-18-21-12-24(23-18)15-4-2-1-3-5-15/h1-7,10,12-13,20H,8-9,11H2,(H,22,23). The largest absolute Gasteiger partial charge is 0.323 e. The lowest BCUT2D eigenvalue weighted by Gasteiger charge is -2.12. The van der Waals surface area contributed by atoms with E-state index in [-0.39, 0.29) is 0 Å². The predicted molar refractivity (Wildman–Crippen MR) is 96.3 cm³/mol. The molecule has 5 nitrogen and oxygen atoms in total. The first-order valence-electron chi connectivity index (χ1n) is 8.04. The van der Waals surface area contributed by atoms with Crippen LogP contribution in [0.5, 0.6) is 0 Å². The van der Waals surface area contributed by atoms with Gasteiger partial charge in [0.25, 0.3) is 0 Å². The molecular formula is C18H18ClN5. The predicted octanol–water partition coefficient (Wildman–Crippen LogP) is 3.74. The lowest BCUT2D eigenvalue weighted by Crippen LogP contribution is -2.08. The van der Waals surface area contributed by atoms with Gasteiger partial charge in [-0.2, -0.15) is 4.98 Å². The number of hydrogen-bond donors (Lipinski definition) is 2. The second-order valence-electron chi connectivity index (χ2n) is 5.90. The van der Waals surface area contributed by atoms with Crippen molar-refractivity contribution in [1.29, 1.82) is 0 Å². The fourth-order valence-electron chi connectivity index (χ4n) is 3.01. The van der Waals surface area contributed by atoms with Gasteiger partial charge in [0, 0.05) is 17.3 Å². The summed E-state index contributed by atoms with van der Waals surface area (Å²) in [6.45, 7) is 2.05. The van der Waals surface area contributed by atoms with Crippen LogP contribution in [0.25, 0.3) is 5.69 Å². The molecule has 0 spiro atoms. The van der Waals surface area contributed by atoms with Crippen molar-refractivity contribution in [1.82, 2.24) is 20.1 Å². The molecule has 1 aliphatic rings. The summed E-state index contributed by atoms with van der Waals surface area (Å²) < 4.78 is 1.74. The molecule has 0 radical (unpaired) electrons. The fraction of sp³-hybridized carbons (Fsp3) is 0.222. The molecule has 1 fully saturated rings. The molecule has 0 amide bonds. The molecule has 0 bridgehead atoms. The van der Waals surface area contributed by atoms with E-state index < -0.39 is 0 Å². The first-order chi connectivity index (χ1) is 11.8. The maximum atomic E-state index is 6.46. The van der Waals surface area contributed by atoms with Crippen LogP contribution in [0.3, 0.4) is 0 Å². The van der Waals surface area contributed by atoms with Gasteiger partial charge < -0.3 is 10.6 Å². The first-order valence-corrected chi connectivity index (χ1v) is 8.42. The molecule has 122 valence electrons. The quantitative estimate of drug-likeness (QED) is 0.760. The van der Waals surface area contributed by atoms with E-state index in [1.807, 2.05) is 42.5 Å². The second-order valence-corrected chi connectivity index (χ2v) is 6.31. The Morgan fingerprint density at radius 2 is 2.04 bits per heavy atom. The van der Waals surface area contributed by atoms with Crippen molar-refractivity contribution in [3.63, 3.8) is 0 Å². The number of halogens is 1. The third kappa shape index (κ3) is 3.13. The second kappa shape index (κ2) is 6.63. The van der Waals surface area contributed by atoms with Crippen LogP contribution in [0.15, 0.2) is 54.9 Å². The molecule has 1 atom stereocenters. The Bertz CT molecular complexity index is 824. The van der Waals surface area contributed by atoms with Crippen LogP contribution in [-0.4, -0.2) is 27.9 Å². The van der Waals surface area contributed by atoms with E-state index in [4.69, 9.17) is 11.6 Å². The van der Waals surface area contributed by atoms with Gasteiger partial charge in [-0.25, -0.2) is 4.68 Å². The minimum atomic E-state index is 0.502. The summed E-state index contributed by atoms with van der Waals surface area (Å²) in [4.78, 5) is 4.31. The number of nitrogens with one attached hydrogen (secondary N) is 2. The Morgan fingerprint density at radius 3 is 2.79 bits per heavy atom. The van der Waals surface area contributed by atoms with E-state index >= 15 is 0 Å². The van der Waals surface area contributed by atoms with Crippen molar-refractivity contribution < 1.29 is 0 Å². The Balaban J connectivity index is 1.51. The van der Waals surface area contributed by atoms with E-state index in [1.54, 1.807) is 11.0 Å². The molecule has 2 aromatic carbocycles. The first kappa shape index (κ1) is 15.2. The van der Waals surface area contributed by atoms with Crippen LogP contribution in [0.2, 0.25) is 5.02 Å². The highest BCUT2D eigenvalue weighted by atomic mass is 35.5. The summed E-state index contributed by atoms with van der Waals surface area (Å²) in [6.07, 6.45) is 2.83. The Labute approximate surface area is 145 Å². The summed E-state index contributed by atoms with van der Waals surface area (Å²) in [6, 6.07) is 16.0. The number of rotatable bonds is 4. The lowest BCUT2D eigenvalue weighted by atomic mass is 9.98. The minimum absolute atomic E-state index is 0.502. The maximum Gasteiger partial charge on any atom is 0.246 e. The summed E-state index contributed by atoms with van der Waals surface area (Å²) >= 11 is 6.46. The third-order valence-corrected chi connectivity index (χ3v) is 4.60. The van der Waals surface area contributed by atoms with Crippen molar-refractivity contribution in [2.24, 2.45) is 0 Å². The normalized spacial score (nSPS) is 17.1. The number of anilines is 2. The van der Waals surface area contributed by atoms with Crippen LogP contribution in [0, 0.1) is 0 Å². The van der Waals surface area contributed by atoms with Crippen LogP contribution in [0.1, 0.15) is 17.9 Å². The zero-order valence-corrected chi connectivity index (χ0v) is 13.9. The van der Waals surface area contributed by atoms with Gasteiger partial charge in [0.05, 0.1) is 5.69 Å². The molecule has 1 aliphatic heterocycles. The van der Waals surface area contributed by atoms with Crippen molar-refractivity contribution in [3.05, 3.63) is 65.4 Å². The van der Waals surface area contributed by atoms with Gasteiger partial charge in [-0.1, -0.05) is 35.9 Å². The summed E-state index contributed by atoms with van der Waals surface area (Å²) in [5.41, 5.74) is 3.07. The molecule has 6 heteroatoms. The fourth-order valence-corrected chi connectivity index (χ4v) is 3.35. The van der Waals surface area contributed by atoms with Gasteiger partial charge in [-0.15, -0.1) is 5.10 Å². The molecule has 2 heterocycles. The van der Waals surface area contributed by atoms with Crippen LogP contribution < -0.4 is 10.6 Å². The molecule has 2 N–H and O–H groups in total. The molecule has 0 aliphatic carbocycles. The average molecular weight is 340 g/mol. The molecule has 1 aromatic heterocycles. The van der Waals surface area contributed by atoms with Crippen LogP contribution in [-0.2, 0) is 0 Å². The Morgan fingerprint density at radius 1 is 1.17 bits per heavy atom. The number of benzene rings is 2. The Kier molecular flexibility index (Phi) is 4.19. The highest BCUT2D eigenvalue weighted by molar-refractivity contribution is 6.31. The molecule has 24 heavy (non-hydrogen) atoms. The van der Waals surface area contributed by atoms with E-state index in [0.29, 0.717) is 11.9 Å². The van der Waals surface area contributed by atoms with Crippen molar-refractivity contribution in [2.45, 2.75) is 12.3 Å². The smallest absolute Gasteiger partial charge is 0.246 e. The summed E-state index contributed by atoms with van der Waals surface area (Å²) in [5.74, 6) is 1.05. The van der Waals surface area contributed by atoms with Crippen LogP contribution in [0.4, 0.5) is 11.6 Å². The Hall–Kier alpha value is -2.37. The number of hydrogen-bond acceptors (Lipinski definition) is 4. The minimum Gasteiger partial charge on any atom is -0.323 e. The number of aromatic nitrogens is 3. The monoisotopic (exact) mass is 339 g/mol. The van der Waals surface area contributed by atoms with Gasteiger partial charge in [-0.3, -0.25) is 0 Å². The summed E-state index contributed by atoms with van der Waals surface area (Å²) in [7, 11) is 0. The van der Waals surface area contributed by atoms with E-state index in [1.165, 1.54) is 5.56 Å². The molecule has 1 saturated heterocycles. The zero-order valence-electron chi connectivity index (χ0n) is 13.1. The van der Waals surface area contributed by atoms with Crippen molar-refractivity contribution in [2.75, 3.05) is 18.4 Å². The topological polar surface area (TPSA) is 54.8 Å². The highest BCUT2D eigenvalue weighted by Crippen LogP contribution is 2.31. The summed E-state index contributed by atoms with van der Waals surface area (Å²) in [5, 5.41) is 11.8. The zero-order chi connectivity index (χ0) is 16.4. The molecule has 4 rings (SSSR count). The highest BCUT2D eigenvalue weighted by Gasteiger charge is 2.19. The molecular weight excluding hydrogens is 322 g/mol. The number of para-hydroxylation sites is 1. The molecule has 1 unspecified atom stereocenters. The average Bonchev–Trinajstić information content (AvgIpc) is 3.28. The van der Waals surface area contributed by atoms with Gasteiger partial charge in [0.2, 0.25) is 5.95 Å². The van der Waals surface area contributed by atoms with Crippen LogP contribution >= 0.6 is 11.6 Å². The SMILES string of the molecule is Clc1cc(Nc2ncn(-c3ccccc3)n2)ccc1C1CCNC1. The lowest BCUT2D eigenvalue weighted by molar-refractivity contribution is 0.764. The van der Waals surface area contributed by atoms with Gasteiger partial charge in [-0.05, 0) is 48.7 Å². The van der Waals surface area contributed by atoms with Gasteiger partial charge in [0.15, 0.2) is 0 Å². The maximum absolute atomic E-state index is 6.46. The van der Waals surface area contributed by atoms with Crippen molar-refractivity contribution in [3.8, 4) is 5.69 Å². The molecule has 0 saturated carbocycles. The van der Waals surface area contributed by atoms with E-state index in [0.717, 1.165) is 35.9 Å².